The van der Waals surface area contributed by atoms with Crippen LogP contribution in [0.4, 0.5) is 11.4 Å². The molecule has 1 saturated carbocycles. The molecule has 10 nitrogen and oxygen atoms in total. The van der Waals surface area contributed by atoms with Gasteiger partial charge in [0.1, 0.15) is 0 Å². The molecule has 0 aliphatic heterocycles. The Bertz CT molecular complexity index is 1110. The molecule has 3 rings (SSSR count). The highest BCUT2D eigenvalue weighted by molar-refractivity contribution is 7.92. The Hall–Kier alpha value is -3.60. The Labute approximate surface area is 179 Å². The van der Waals surface area contributed by atoms with Crippen LogP contribution in [0.2, 0.25) is 0 Å². The van der Waals surface area contributed by atoms with Crippen molar-refractivity contribution in [3.63, 3.8) is 0 Å². The third kappa shape index (κ3) is 6.19. The van der Waals surface area contributed by atoms with E-state index in [0.29, 0.717) is 11.3 Å². The molecule has 0 radical (unpaired) electrons. The summed E-state index contributed by atoms with van der Waals surface area (Å²) in [5, 5.41) is 21.7. The summed E-state index contributed by atoms with van der Waals surface area (Å²) in [6.45, 7) is 0. The van der Waals surface area contributed by atoms with Crippen molar-refractivity contribution in [1.29, 1.82) is 5.41 Å². The number of hydrogen-bond donors (Lipinski definition) is 6. The van der Waals surface area contributed by atoms with Gasteiger partial charge in [-0.1, -0.05) is 18.2 Å². The predicted octanol–water partition coefficient (Wildman–Crippen LogP) is 1.83. The summed E-state index contributed by atoms with van der Waals surface area (Å²) in [6, 6.07) is 11.3. The number of aliphatic carboxylic acids is 1. The lowest BCUT2D eigenvalue weighted by molar-refractivity contribution is -0.137. The van der Waals surface area contributed by atoms with Gasteiger partial charge in [0, 0.05) is 17.3 Å². The lowest BCUT2D eigenvalue weighted by atomic mass is 10.0. The highest BCUT2D eigenvalue weighted by Gasteiger charge is 2.31. The molecule has 1 aliphatic rings. The minimum atomic E-state index is -3.97. The van der Waals surface area contributed by atoms with E-state index < -0.39 is 22.0 Å². The molecular weight excluding hydrogens is 422 g/mol. The summed E-state index contributed by atoms with van der Waals surface area (Å²) in [6.07, 6.45) is 1.24. The fourth-order valence-electron chi connectivity index (χ4n) is 2.99. The average molecular weight is 446 g/mol. The van der Waals surface area contributed by atoms with Gasteiger partial charge in [-0.25, -0.2) is 8.42 Å². The van der Waals surface area contributed by atoms with Crippen molar-refractivity contribution in [3.8, 4) is 0 Å². The topological polar surface area (TPSA) is 174 Å². The molecule has 1 unspecified atom stereocenters. The minimum Gasteiger partial charge on any atom is -0.481 e. The van der Waals surface area contributed by atoms with E-state index in [-0.39, 0.29) is 34.8 Å². The Morgan fingerprint density at radius 3 is 2.45 bits per heavy atom. The molecule has 1 amide bonds. The number of nitrogens with two attached hydrogens (primary N) is 1. The van der Waals surface area contributed by atoms with Crippen LogP contribution in [0, 0.1) is 11.3 Å². The first-order chi connectivity index (χ1) is 14.6. The normalized spacial score (nSPS) is 14.3. The first kappa shape index (κ1) is 22.1. The van der Waals surface area contributed by atoms with Gasteiger partial charge in [-0.05, 0) is 48.7 Å². The van der Waals surface area contributed by atoms with Crippen LogP contribution in [0.5, 0.6) is 0 Å². The van der Waals surface area contributed by atoms with Gasteiger partial charge >= 0.3 is 5.97 Å². The van der Waals surface area contributed by atoms with Gasteiger partial charge in [-0.3, -0.25) is 19.7 Å². The predicted molar refractivity (Wildman–Crippen MR) is 115 cm³/mol. The first-order valence-corrected chi connectivity index (χ1v) is 11.0. The molecule has 0 aromatic heterocycles. The zero-order valence-electron chi connectivity index (χ0n) is 16.5. The van der Waals surface area contributed by atoms with Crippen molar-refractivity contribution >= 4 is 39.2 Å². The van der Waals surface area contributed by atoms with Crippen molar-refractivity contribution in [2.45, 2.75) is 30.2 Å². The number of rotatable bonds is 9. The van der Waals surface area contributed by atoms with E-state index in [9.17, 15) is 23.1 Å². The van der Waals surface area contributed by atoms with Crippen LogP contribution >= 0.6 is 0 Å². The molecule has 0 bridgehead atoms. The number of nitrogens with one attached hydrogen (secondary N) is 4. The van der Waals surface area contributed by atoms with Crippen molar-refractivity contribution in [3.05, 3.63) is 54.1 Å². The average Bonchev–Trinajstić information content (AvgIpc) is 3.52. The second-order valence-corrected chi connectivity index (χ2v) is 8.91. The van der Waals surface area contributed by atoms with Crippen molar-refractivity contribution in [2.24, 2.45) is 11.7 Å². The molecule has 7 N–H and O–H groups in total. The lowest BCUT2D eigenvalue weighted by Crippen LogP contribution is -2.31. The highest BCUT2D eigenvalue weighted by Crippen LogP contribution is 2.31. The van der Waals surface area contributed by atoms with Crippen molar-refractivity contribution in [1.82, 2.24) is 5.32 Å². The Kier molecular flexibility index (Phi) is 6.44. The van der Waals surface area contributed by atoms with Crippen LogP contribution in [-0.2, 0) is 19.6 Å². The van der Waals surface area contributed by atoms with Gasteiger partial charge < -0.3 is 21.5 Å². The van der Waals surface area contributed by atoms with Crippen LogP contribution in [-0.4, -0.2) is 31.4 Å². The molecule has 0 heterocycles. The molecule has 11 heteroatoms. The van der Waals surface area contributed by atoms with E-state index in [1.165, 1.54) is 30.3 Å². The molecular formula is C20H23N5O5S. The van der Waals surface area contributed by atoms with E-state index in [0.717, 1.165) is 12.8 Å². The molecule has 164 valence electrons. The fourth-order valence-corrected chi connectivity index (χ4v) is 4.09. The zero-order chi connectivity index (χ0) is 22.6. The Morgan fingerprint density at radius 2 is 1.81 bits per heavy atom. The van der Waals surface area contributed by atoms with E-state index in [4.69, 9.17) is 11.1 Å². The summed E-state index contributed by atoms with van der Waals surface area (Å²) in [5.41, 5.74) is 6.32. The smallest absolute Gasteiger partial charge is 0.305 e. The Balaban J connectivity index is 1.81. The quantitative estimate of drug-likeness (QED) is 0.252. The third-order valence-corrected chi connectivity index (χ3v) is 5.99. The molecule has 1 fully saturated rings. The van der Waals surface area contributed by atoms with Gasteiger partial charge in [-0.2, -0.15) is 0 Å². The van der Waals surface area contributed by atoms with Crippen LogP contribution < -0.4 is 21.1 Å². The molecule has 1 aliphatic carbocycles. The summed E-state index contributed by atoms with van der Waals surface area (Å²) in [4.78, 5) is 23.3. The molecule has 0 saturated heterocycles. The maximum atomic E-state index is 12.8. The second kappa shape index (κ2) is 9.04. The van der Waals surface area contributed by atoms with E-state index in [2.05, 4.69) is 15.4 Å². The number of amides is 1. The molecule has 0 spiro atoms. The third-order valence-electron chi connectivity index (χ3n) is 4.61. The molecule has 2 aromatic carbocycles. The molecule has 31 heavy (non-hydrogen) atoms. The highest BCUT2D eigenvalue weighted by atomic mass is 32.2. The van der Waals surface area contributed by atoms with Crippen LogP contribution in [0.25, 0.3) is 0 Å². The summed E-state index contributed by atoms with van der Waals surface area (Å²) >= 11 is 0. The monoisotopic (exact) mass is 445 g/mol. The maximum Gasteiger partial charge on any atom is 0.305 e. The van der Waals surface area contributed by atoms with E-state index >= 15 is 0 Å². The SMILES string of the molecule is N=C(N)Nc1cccc(S(=O)(=O)Nc2cccc(C(CC(=O)O)NC(=O)C3CC3)c2)c1. The number of carbonyl (C=O) groups is 2. The minimum absolute atomic E-state index is 0.0479. The van der Waals surface area contributed by atoms with Crippen molar-refractivity contribution < 1.29 is 23.1 Å². The van der Waals surface area contributed by atoms with Crippen LogP contribution in [0.3, 0.4) is 0 Å². The summed E-state index contributed by atoms with van der Waals surface area (Å²) < 4.78 is 28.0. The number of benzene rings is 2. The van der Waals surface area contributed by atoms with Gasteiger partial charge in [0.05, 0.1) is 17.4 Å². The van der Waals surface area contributed by atoms with E-state index in [1.54, 1.807) is 18.2 Å². The van der Waals surface area contributed by atoms with Gasteiger partial charge in [0.2, 0.25) is 5.91 Å². The van der Waals surface area contributed by atoms with Gasteiger partial charge in [0.25, 0.3) is 10.0 Å². The zero-order valence-corrected chi connectivity index (χ0v) is 17.3. The summed E-state index contributed by atoms with van der Waals surface area (Å²) in [5.74, 6) is -1.70. The first-order valence-electron chi connectivity index (χ1n) is 9.50. The number of sulfonamides is 1. The number of carboxylic acids is 1. The fraction of sp³-hybridized carbons (Fsp3) is 0.250. The van der Waals surface area contributed by atoms with Crippen LogP contribution in [0.1, 0.15) is 30.9 Å². The number of anilines is 2. The molecule has 2 aromatic rings. The number of hydrogen-bond acceptors (Lipinski definition) is 5. The molecule has 1 atom stereocenters. The number of guanidine groups is 1. The standard InChI is InChI=1S/C20H23N5O5S/c21-20(22)23-14-4-2-6-16(10-14)31(29,30)25-15-5-1-3-13(9-15)17(11-18(26)27)24-19(28)12-7-8-12/h1-6,9-10,12,17,25H,7-8,11H2,(H,24,28)(H,26,27)(H4,21,22,23). The van der Waals surface area contributed by atoms with Crippen molar-refractivity contribution in [2.75, 3.05) is 10.0 Å². The largest absolute Gasteiger partial charge is 0.481 e. The van der Waals surface area contributed by atoms with E-state index in [1.807, 2.05) is 0 Å². The van der Waals surface area contributed by atoms with Gasteiger partial charge in [0.15, 0.2) is 5.96 Å². The maximum absolute atomic E-state index is 12.8. The number of carbonyl (C=O) groups excluding carboxylic acids is 1. The summed E-state index contributed by atoms with van der Waals surface area (Å²) in [7, 11) is -3.97. The van der Waals surface area contributed by atoms with Gasteiger partial charge in [-0.15, -0.1) is 0 Å². The second-order valence-electron chi connectivity index (χ2n) is 7.23. The lowest BCUT2D eigenvalue weighted by Gasteiger charge is -2.18. The van der Waals surface area contributed by atoms with Crippen LogP contribution in [0.15, 0.2) is 53.4 Å². The Morgan fingerprint density at radius 1 is 1.13 bits per heavy atom. The number of carboxylic acid groups (broad SMARTS) is 1.